The Morgan fingerprint density at radius 3 is 2.64 bits per heavy atom. The number of hydrogen-bond donors (Lipinski definition) is 1. The topological polar surface area (TPSA) is 22.9 Å². The second-order valence-corrected chi connectivity index (χ2v) is 8.97. The van der Waals surface area contributed by atoms with Crippen LogP contribution in [0.2, 0.25) is 0 Å². The smallest absolute Gasteiger partial charge is 0.158 e. The van der Waals surface area contributed by atoms with Crippen LogP contribution in [0.4, 0.5) is 0 Å². The summed E-state index contributed by atoms with van der Waals surface area (Å²) in [6, 6.07) is 0. The Hall–Kier alpha value is -0.120. The summed E-state index contributed by atoms with van der Waals surface area (Å²) in [6.07, 6.45) is 10.2. The van der Waals surface area contributed by atoms with Gasteiger partial charge >= 0.3 is 0 Å². The second-order valence-electron chi connectivity index (χ2n) is 8.97. The number of piperidine rings is 1. The molecule has 2 aliphatic carbocycles. The van der Waals surface area contributed by atoms with E-state index in [9.17, 15) is 0 Å². The van der Waals surface area contributed by atoms with Gasteiger partial charge in [-0.1, -0.05) is 13.8 Å². The van der Waals surface area contributed by atoms with E-state index in [1.54, 1.807) is 4.90 Å². The molecule has 0 unspecified atom stereocenters. The van der Waals surface area contributed by atoms with Gasteiger partial charge in [-0.3, -0.25) is 0 Å². The fraction of sp³-hybridized carbons (Fsp3) is 1.00. The van der Waals surface area contributed by atoms with E-state index in [0.717, 1.165) is 37.3 Å². The fourth-order valence-electron chi connectivity index (χ4n) is 5.99. The van der Waals surface area contributed by atoms with Crippen molar-refractivity contribution in [1.29, 1.82) is 0 Å². The molecule has 2 heterocycles. The van der Waals surface area contributed by atoms with Gasteiger partial charge in [0.05, 0.1) is 19.7 Å². The van der Waals surface area contributed by atoms with Gasteiger partial charge in [-0.2, -0.15) is 0 Å². The molecule has 4 fully saturated rings. The van der Waals surface area contributed by atoms with Crippen molar-refractivity contribution in [3.05, 3.63) is 0 Å². The molecule has 2 bridgehead atoms. The van der Waals surface area contributed by atoms with Crippen LogP contribution in [0.5, 0.6) is 0 Å². The minimum absolute atomic E-state index is 0.0813. The maximum Gasteiger partial charge on any atom is 0.158 e. The van der Waals surface area contributed by atoms with Crippen molar-refractivity contribution in [1.82, 2.24) is 0 Å². The summed E-state index contributed by atoms with van der Waals surface area (Å²) in [7, 11) is 0. The molecule has 2 aliphatic heterocycles. The van der Waals surface area contributed by atoms with Crippen LogP contribution in [0.1, 0.15) is 58.8 Å². The third kappa shape index (κ3) is 2.85. The minimum atomic E-state index is 0.0813. The SMILES string of the molecule is CC1(C)[C@@H]2CC[C@@H](C2)[C@H]1C[C@@H]1OC[C@H](C[NH+]2CCCCC2)O1. The van der Waals surface area contributed by atoms with E-state index in [-0.39, 0.29) is 6.29 Å². The number of likely N-dealkylation sites (tertiary alicyclic amines) is 1. The van der Waals surface area contributed by atoms with Crippen molar-refractivity contribution in [2.45, 2.75) is 71.2 Å². The molecule has 3 nitrogen and oxygen atoms in total. The Labute approximate surface area is 135 Å². The highest BCUT2D eigenvalue weighted by atomic mass is 16.7. The summed E-state index contributed by atoms with van der Waals surface area (Å²) in [5.74, 6) is 2.72. The average Bonchev–Trinajstić information content (AvgIpc) is 3.19. The van der Waals surface area contributed by atoms with Crippen LogP contribution >= 0.6 is 0 Å². The van der Waals surface area contributed by atoms with E-state index in [4.69, 9.17) is 9.47 Å². The van der Waals surface area contributed by atoms with Gasteiger partial charge in [0.15, 0.2) is 6.29 Å². The summed E-state index contributed by atoms with van der Waals surface area (Å²) >= 11 is 0. The third-order valence-electron chi connectivity index (χ3n) is 7.39. The van der Waals surface area contributed by atoms with E-state index in [1.165, 1.54) is 51.6 Å². The molecule has 3 heteroatoms. The largest absolute Gasteiger partial charge is 0.350 e. The Morgan fingerprint density at radius 2 is 1.91 bits per heavy atom. The lowest BCUT2D eigenvalue weighted by atomic mass is 9.67. The normalized spacial score (nSPS) is 44.7. The molecular weight excluding hydrogens is 274 g/mol. The predicted molar refractivity (Wildman–Crippen MR) is 86.7 cm³/mol. The van der Waals surface area contributed by atoms with Gasteiger partial charge in [-0.05, 0) is 61.7 Å². The molecule has 1 N–H and O–H groups in total. The van der Waals surface area contributed by atoms with E-state index < -0.39 is 0 Å². The zero-order chi connectivity index (χ0) is 15.2. The van der Waals surface area contributed by atoms with Gasteiger partial charge in [0.2, 0.25) is 0 Å². The first-order chi connectivity index (χ1) is 10.6. The Balaban J connectivity index is 1.28. The number of fused-ring (bicyclic) bond motifs is 2. The Kier molecular flexibility index (Phi) is 4.25. The first kappa shape index (κ1) is 15.4. The van der Waals surface area contributed by atoms with Gasteiger partial charge in [-0.25, -0.2) is 0 Å². The first-order valence-electron chi connectivity index (χ1n) is 9.73. The quantitative estimate of drug-likeness (QED) is 0.861. The van der Waals surface area contributed by atoms with Crippen LogP contribution < -0.4 is 4.90 Å². The summed E-state index contributed by atoms with van der Waals surface area (Å²) in [5.41, 5.74) is 0.506. The van der Waals surface area contributed by atoms with Gasteiger partial charge < -0.3 is 14.4 Å². The van der Waals surface area contributed by atoms with Gasteiger partial charge in [0.25, 0.3) is 0 Å². The molecule has 2 saturated carbocycles. The maximum absolute atomic E-state index is 6.28. The molecule has 0 aromatic rings. The van der Waals surface area contributed by atoms with Crippen molar-refractivity contribution < 1.29 is 14.4 Å². The van der Waals surface area contributed by atoms with Gasteiger partial charge in [-0.15, -0.1) is 0 Å². The Bertz CT molecular complexity index is 391. The number of ether oxygens (including phenoxy) is 2. The lowest BCUT2D eigenvalue weighted by Crippen LogP contribution is -3.13. The zero-order valence-electron chi connectivity index (χ0n) is 14.5. The van der Waals surface area contributed by atoms with Crippen molar-refractivity contribution in [2.24, 2.45) is 23.2 Å². The van der Waals surface area contributed by atoms with Crippen molar-refractivity contribution in [2.75, 3.05) is 26.2 Å². The highest BCUT2D eigenvalue weighted by Gasteiger charge is 2.53. The van der Waals surface area contributed by atoms with Crippen molar-refractivity contribution in [3.63, 3.8) is 0 Å². The van der Waals surface area contributed by atoms with Crippen LogP contribution in [0.15, 0.2) is 0 Å². The van der Waals surface area contributed by atoms with E-state index >= 15 is 0 Å². The highest BCUT2D eigenvalue weighted by Crippen LogP contribution is 2.60. The fourth-order valence-corrected chi connectivity index (χ4v) is 5.99. The number of quaternary nitrogens is 1. The molecule has 5 atom stereocenters. The lowest BCUT2D eigenvalue weighted by molar-refractivity contribution is -0.907. The molecule has 0 aromatic carbocycles. The van der Waals surface area contributed by atoms with Crippen molar-refractivity contribution >= 4 is 0 Å². The molecule has 2 saturated heterocycles. The third-order valence-corrected chi connectivity index (χ3v) is 7.39. The average molecular weight is 308 g/mol. The van der Waals surface area contributed by atoms with Crippen LogP contribution in [0.25, 0.3) is 0 Å². The van der Waals surface area contributed by atoms with Crippen LogP contribution in [0.3, 0.4) is 0 Å². The summed E-state index contributed by atoms with van der Waals surface area (Å²) in [6.45, 7) is 9.65. The Morgan fingerprint density at radius 1 is 1.09 bits per heavy atom. The standard InChI is InChI=1S/C19H33NO2/c1-19(2)15-7-6-14(10-15)17(19)11-18-21-13-16(22-18)12-20-8-4-3-5-9-20/h14-18H,3-13H2,1-2H3/p+1/t14-,15+,16-,17+,18+/m0/s1. The van der Waals surface area contributed by atoms with Crippen LogP contribution in [0, 0.1) is 23.2 Å². The molecule has 22 heavy (non-hydrogen) atoms. The zero-order valence-corrected chi connectivity index (χ0v) is 14.5. The van der Waals surface area contributed by atoms with E-state index in [1.807, 2.05) is 0 Å². The second kappa shape index (κ2) is 6.07. The lowest BCUT2D eigenvalue weighted by Gasteiger charge is -2.39. The first-order valence-corrected chi connectivity index (χ1v) is 9.73. The molecule has 4 rings (SSSR count). The van der Waals surface area contributed by atoms with Gasteiger partial charge in [0.1, 0.15) is 12.6 Å². The summed E-state index contributed by atoms with van der Waals surface area (Å²) < 4.78 is 12.3. The highest BCUT2D eigenvalue weighted by molar-refractivity contribution is 5.01. The summed E-state index contributed by atoms with van der Waals surface area (Å²) in [5, 5.41) is 0. The maximum atomic E-state index is 6.28. The monoisotopic (exact) mass is 308 g/mol. The number of rotatable bonds is 4. The molecule has 0 radical (unpaired) electrons. The molecule has 126 valence electrons. The minimum Gasteiger partial charge on any atom is -0.350 e. The number of hydrogen-bond acceptors (Lipinski definition) is 2. The van der Waals surface area contributed by atoms with E-state index in [0.29, 0.717) is 11.5 Å². The molecule has 0 aromatic heterocycles. The predicted octanol–water partition coefficient (Wildman–Crippen LogP) is 2.26. The van der Waals surface area contributed by atoms with Crippen molar-refractivity contribution in [3.8, 4) is 0 Å². The molecule has 0 spiro atoms. The number of nitrogens with one attached hydrogen (secondary N) is 1. The molecular formula is C19H34NO2+. The molecule has 4 aliphatic rings. The van der Waals surface area contributed by atoms with Gasteiger partial charge in [0, 0.05) is 6.42 Å². The molecule has 0 amide bonds. The van der Waals surface area contributed by atoms with E-state index in [2.05, 4.69) is 13.8 Å². The summed E-state index contributed by atoms with van der Waals surface area (Å²) in [4.78, 5) is 1.74. The van der Waals surface area contributed by atoms with Crippen LogP contribution in [-0.2, 0) is 9.47 Å². The van der Waals surface area contributed by atoms with Crippen LogP contribution in [-0.4, -0.2) is 38.6 Å².